The summed E-state index contributed by atoms with van der Waals surface area (Å²) in [7, 11) is 1.68. The highest BCUT2D eigenvalue weighted by atomic mass is 32.1. The first kappa shape index (κ1) is 26.9. The number of rotatable bonds is 8. The summed E-state index contributed by atoms with van der Waals surface area (Å²) in [6.07, 6.45) is 5.36. The summed E-state index contributed by atoms with van der Waals surface area (Å²) in [5, 5.41) is 1.82. The molecule has 5 rings (SSSR count). The van der Waals surface area contributed by atoms with Gasteiger partial charge in [0, 0.05) is 13.1 Å². The van der Waals surface area contributed by atoms with Crippen LogP contribution in [0.5, 0.6) is 5.75 Å². The van der Waals surface area contributed by atoms with Gasteiger partial charge in [-0.15, -0.1) is 11.3 Å². The van der Waals surface area contributed by atoms with Gasteiger partial charge in [-0.25, -0.2) is 0 Å². The molecule has 0 saturated carbocycles. The van der Waals surface area contributed by atoms with Crippen molar-refractivity contribution in [2.45, 2.75) is 38.6 Å². The molecule has 1 spiro atoms. The van der Waals surface area contributed by atoms with Crippen LogP contribution in [0.4, 0.5) is 0 Å². The molecule has 0 bridgehead atoms. The molecule has 6 nitrogen and oxygen atoms in total. The molecule has 3 heterocycles. The zero-order valence-corrected chi connectivity index (χ0v) is 22.4. The molecular weight excluding hydrogens is 482 g/mol. The van der Waals surface area contributed by atoms with Crippen LogP contribution >= 0.6 is 11.3 Å². The number of nitrogens with two attached hydrogens (primary N) is 1. The van der Waals surface area contributed by atoms with Crippen molar-refractivity contribution in [1.29, 1.82) is 0 Å². The SMILES string of the molecule is COc1ccc(CN2CCC3(CCN(CCCc4ccccc4)CC3)C2=O)cc1.NC(=O)c1cccs1. The van der Waals surface area contributed by atoms with Crippen molar-refractivity contribution in [1.82, 2.24) is 9.80 Å². The van der Waals surface area contributed by atoms with E-state index in [1.165, 1.54) is 28.9 Å². The lowest BCUT2D eigenvalue weighted by molar-refractivity contribution is -0.138. The van der Waals surface area contributed by atoms with Crippen LogP contribution in [0.2, 0.25) is 0 Å². The van der Waals surface area contributed by atoms with Gasteiger partial charge in [0.05, 0.1) is 17.4 Å². The maximum atomic E-state index is 13.2. The van der Waals surface area contributed by atoms with Crippen molar-refractivity contribution in [3.8, 4) is 5.75 Å². The lowest BCUT2D eigenvalue weighted by Gasteiger charge is -2.38. The van der Waals surface area contributed by atoms with E-state index >= 15 is 0 Å². The average Bonchev–Trinajstić information content (AvgIpc) is 3.57. The van der Waals surface area contributed by atoms with E-state index in [1.54, 1.807) is 19.2 Å². The van der Waals surface area contributed by atoms with E-state index in [4.69, 9.17) is 10.5 Å². The van der Waals surface area contributed by atoms with Crippen LogP contribution in [-0.2, 0) is 17.8 Å². The van der Waals surface area contributed by atoms with Gasteiger partial charge in [-0.3, -0.25) is 9.59 Å². The van der Waals surface area contributed by atoms with Gasteiger partial charge in [-0.1, -0.05) is 48.5 Å². The normalized spacial score (nSPS) is 16.9. The quantitative estimate of drug-likeness (QED) is 0.455. The van der Waals surface area contributed by atoms with Crippen LogP contribution < -0.4 is 10.5 Å². The number of amides is 2. The zero-order valence-electron chi connectivity index (χ0n) is 21.6. The Morgan fingerprint density at radius 1 is 0.946 bits per heavy atom. The molecule has 0 radical (unpaired) electrons. The molecular formula is C30H37N3O3S. The molecule has 0 aliphatic carbocycles. The molecule has 2 aliphatic heterocycles. The Morgan fingerprint density at radius 2 is 1.65 bits per heavy atom. The van der Waals surface area contributed by atoms with Gasteiger partial charge in [0.15, 0.2) is 0 Å². The number of thiophene rings is 1. The third kappa shape index (κ3) is 7.21. The van der Waals surface area contributed by atoms with E-state index in [0.717, 1.165) is 57.6 Å². The van der Waals surface area contributed by atoms with Crippen molar-refractivity contribution in [3.63, 3.8) is 0 Å². The Labute approximate surface area is 224 Å². The number of carbonyl (C=O) groups is 2. The van der Waals surface area contributed by atoms with E-state index in [0.29, 0.717) is 17.3 Å². The number of hydrogen-bond donors (Lipinski definition) is 1. The molecule has 0 atom stereocenters. The highest BCUT2D eigenvalue weighted by Gasteiger charge is 2.47. The van der Waals surface area contributed by atoms with E-state index in [1.807, 2.05) is 17.5 Å². The number of nitrogens with zero attached hydrogens (tertiary/aromatic N) is 2. The molecule has 2 aliphatic rings. The number of primary amides is 1. The highest BCUT2D eigenvalue weighted by Crippen LogP contribution is 2.42. The van der Waals surface area contributed by atoms with E-state index < -0.39 is 0 Å². The fraction of sp³-hybridized carbons (Fsp3) is 0.400. The third-order valence-electron chi connectivity index (χ3n) is 7.49. The molecule has 2 aromatic carbocycles. The number of piperidine rings is 1. The monoisotopic (exact) mass is 519 g/mol. The average molecular weight is 520 g/mol. The van der Waals surface area contributed by atoms with Gasteiger partial charge in [-0.05, 0) is 86.4 Å². The minimum absolute atomic E-state index is 0.109. The predicted molar refractivity (Wildman–Crippen MR) is 149 cm³/mol. The second-order valence-corrected chi connectivity index (χ2v) is 10.8. The number of hydrogen-bond acceptors (Lipinski definition) is 5. The van der Waals surface area contributed by atoms with Gasteiger partial charge in [0.2, 0.25) is 5.91 Å². The Balaban J connectivity index is 0.000000342. The summed E-state index contributed by atoms with van der Waals surface area (Å²) in [6, 6.07) is 22.3. The molecule has 0 unspecified atom stereocenters. The topological polar surface area (TPSA) is 75.9 Å². The van der Waals surface area contributed by atoms with Crippen molar-refractivity contribution in [3.05, 3.63) is 88.1 Å². The Morgan fingerprint density at radius 3 is 2.24 bits per heavy atom. The lowest BCUT2D eigenvalue weighted by Crippen LogP contribution is -2.44. The Hall–Kier alpha value is -3.16. The largest absolute Gasteiger partial charge is 0.497 e. The summed E-state index contributed by atoms with van der Waals surface area (Å²) in [5.41, 5.74) is 7.41. The molecule has 2 amide bonds. The first-order valence-corrected chi connectivity index (χ1v) is 13.9. The standard InChI is InChI=1S/C25H32N2O2.C5H5NOS/c1-29-23-11-9-22(10-12-23)20-27-19-15-25(24(27)28)13-17-26(18-14-25)16-5-8-21-6-3-2-4-7-21;6-5(7)4-2-1-3-8-4/h2-4,6-7,9-12H,5,8,13-20H2,1H3;1-3H,(H2,6,7). The number of carbonyl (C=O) groups excluding carboxylic acids is 2. The predicted octanol–water partition coefficient (Wildman–Crippen LogP) is 4.99. The van der Waals surface area contributed by atoms with Gasteiger partial charge >= 0.3 is 0 Å². The second kappa shape index (κ2) is 12.9. The molecule has 1 aromatic heterocycles. The molecule has 2 saturated heterocycles. The van der Waals surface area contributed by atoms with Crippen molar-refractivity contribution >= 4 is 23.2 Å². The van der Waals surface area contributed by atoms with Crippen LogP contribution in [0.3, 0.4) is 0 Å². The van der Waals surface area contributed by atoms with Crippen LogP contribution in [-0.4, -0.2) is 54.9 Å². The van der Waals surface area contributed by atoms with Crippen LogP contribution in [0.1, 0.15) is 46.5 Å². The maximum Gasteiger partial charge on any atom is 0.258 e. The van der Waals surface area contributed by atoms with Gasteiger partial charge in [0.1, 0.15) is 5.75 Å². The second-order valence-electron chi connectivity index (χ2n) is 9.88. The van der Waals surface area contributed by atoms with E-state index in [9.17, 15) is 9.59 Å². The Kier molecular flexibility index (Phi) is 9.36. The van der Waals surface area contributed by atoms with Crippen molar-refractivity contribution < 1.29 is 14.3 Å². The third-order valence-corrected chi connectivity index (χ3v) is 8.38. The highest BCUT2D eigenvalue weighted by molar-refractivity contribution is 7.12. The first-order valence-electron chi connectivity index (χ1n) is 13.0. The van der Waals surface area contributed by atoms with Crippen LogP contribution in [0.25, 0.3) is 0 Å². The summed E-state index contributed by atoms with van der Waals surface area (Å²) >= 11 is 1.36. The summed E-state index contributed by atoms with van der Waals surface area (Å²) in [5.74, 6) is 0.884. The summed E-state index contributed by atoms with van der Waals surface area (Å²) in [4.78, 5) is 28.7. The summed E-state index contributed by atoms with van der Waals surface area (Å²) < 4.78 is 5.23. The maximum absolute atomic E-state index is 13.2. The van der Waals surface area contributed by atoms with Gasteiger partial charge < -0.3 is 20.3 Å². The molecule has 3 aromatic rings. The lowest BCUT2D eigenvalue weighted by atomic mass is 9.77. The molecule has 2 N–H and O–H groups in total. The van der Waals surface area contributed by atoms with Crippen LogP contribution in [0.15, 0.2) is 72.1 Å². The zero-order chi connectivity index (χ0) is 26.1. The number of benzene rings is 2. The number of aryl methyl sites for hydroxylation is 1. The Bertz CT molecular complexity index is 1120. The molecule has 196 valence electrons. The minimum Gasteiger partial charge on any atom is -0.497 e. The number of ether oxygens (including phenoxy) is 1. The molecule has 7 heteroatoms. The number of likely N-dealkylation sites (tertiary alicyclic amines) is 2. The fourth-order valence-corrected chi connectivity index (χ4v) is 5.81. The number of methoxy groups -OCH3 is 1. The fourth-order valence-electron chi connectivity index (χ4n) is 5.23. The van der Waals surface area contributed by atoms with E-state index in [-0.39, 0.29) is 11.3 Å². The van der Waals surface area contributed by atoms with Crippen LogP contribution in [0, 0.1) is 5.41 Å². The smallest absolute Gasteiger partial charge is 0.258 e. The van der Waals surface area contributed by atoms with Crippen molar-refractivity contribution in [2.24, 2.45) is 11.1 Å². The first-order chi connectivity index (χ1) is 18.0. The van der Waals surface area contributed by atoms with Gasteiger partial charge in [0.25, 0.3) is 5.91 Å². The summed E-state index contributed by atoms with van der Waals surface area (Å²) in [6.45, 7) is 4.84. The molecule has 2 fully saturated rings. The molecule has 37 heavy (non-hydrogen) atoms. The van der Waals surface area contributed by atoms with E-state index in [2.05, 4.69) is 52.3 Å². The van der Waals surface area contributed by atoms with Crippen molar-refractivity contribution in [2.75, 3.05) is 33.3 Å². The van der Waals surface area contributed by atoms with Gasteiger partial charge in [-0.2, -0.15) is 0 Å². The minimum atomic E-state index is -0.347.